The summed E-state index contributed by atoms with van der Waals surface area (Å²) < 4.78 is 0. The third-order valence-corrected chi connectivity index (χ3v) is 6.40. The van der Waals surface area contributed by atoms with Gasteiger partial charge in [-0.3, -0.25) is 19.3 Å². The maximum Gasteiger partial charge on any atom is 0.261 e. The van der Waals surface area contributed by atoms with E-state index in [1.54, 1.807) is 18.2 Å². The minimum absolute atomic E-state index is 0. The summed E-state index contributed by atoms with van der Waals surface area (Å²) in [6.45, 7) is 5.50. The van der Waals surface area contributed by atoms with Crippen molar-refractivity contribution >= 4 is 30.1 Å². The molecule has 0 bridgehead atoms. The molecule has 2 aliphatic heterocycles. The van der Waals surface area contributed by atoms with Gasteiger partial charge in [0.1, 0.15) is 0 Å². The van der Waals surface area contributed by atoms with Crippen molar-refractivity contribution < 1.29 is 14.4 Å². The van der Waals surface area contributed by atoms with Gasteiger partial charge >= 0.3 is 0 Å². The third kappa shape index (κ3) is 3.44. The highest BCUT2D eigenvalue weighted by Gasteiger charge is 2.41. The van der Waals surface area contributed by atoms with Crippen molar-refractivity contribution in [2.75, 3.05) is 13.1 Å². The van der Waals surface area contributed by atoms with Gasteiger partial charge in [0.05, 0.1) is 11.1 Å². The molecule has 2 heterocycles. The van der Waals surface area contributed by atoms with Crippen LogP contribution in [-0.2, 0) is 0 Å². The summed E-state index contributed by atoms with van der Waals surface area (Å²) in [5.74, 6) is -0.515. The van der Waals surface area contributed by atoms with Crippen molar-refractivity contribution in [2.45, 2.75) is 64.1 Å². The summed E-state index contributed by atoms with van der Waals surface area (Å²) in [4.78, 5) is 42.0. The highest BCUT2D eigenvalue weighted by atomic mass is 35.5. The van der Waals surface area contributed by atoms with Crippen molar-refractivity contribution in [2.24, 2.45) is 0 Å². The number of carbonyl (C=O) groups is 3. The number of hydrogen-bond donors (Lipinski definition) is 1. The summed E-state index contributed by atoms with van der Waals surface area (Å²) in [7, 11) is 0. The minimum Gasteiger partial charge on any atom is -0.333 e. The van der Waals surface area contributed by atoms with Gasteiger partial charge in [-0.2, -0.15) is 0 Å². The second kappa shape index (κ2) is 8.21. The molecule has 4 rings (SSSR count). The number of benzene rings is 1. The number of carbonyl (C=O) groups excluding carboxylic acids is 3. The smallest absolute Gasteiger partial charge is 0.261 e. The molecular formula is C21H28ClN3O3. The number of fused-ring (bicyclic) bond motifs is 1. The van der Waals surface area contributed by atoms with Crippen LogP contribution in [0.5, 0.6) is 0 Å². The lowest BCUT2D eigenvalue weighted by Gasteiger charge is -2.38. The Labute approximate surface area is 172 Å². The first kappa shape index (κ1) is 20.8. The SMILES string of the molecule is CC1NCCN(C(=O)c2ccc3c(c2)C(=O)N(C2CCCCC2)C3=O)C1C.Cl. The van der Waals surface area contributed by atoms with Gasteiger partial charge in [-0.15, -0.1) is 12.4 Å². The zero-order valence-electron chi connectivity index (χ0n) is 16.4. The van der Waals surface area contributed by atoms with E-state index >= 15 is 0 Å². The zero-order valence-corrected chi connectivity index (χ0v) is 17.3. The lowest BCUT2D eigenvalue weighted by molar-refractivity contribution is 0.0548. The van der Waals surface area contributed by atoms with Gasteiger partial charge in [0, 0.05) is 36.8 Å². The van der Waals surface area contributed by atoms with E-state index in [9.17, 15) is 14.4 Å². The first-order valence-corrected chi connectivity index (χ1v) is 10.1. The minimum atomic E-state index is -0.238. The number of rotatable bonds is 2. The molecule has 7 heteroatoms. The number of imide groups is 1. The molecule has 3 aliphatic rings. The maximum atomic E-state index is 13.0. The molecule has 6 nitrogen and oxygen atoms in total. The number of nitrogens with zero attached hydrogens (tertiary/aromatic N) is 2. The van der Waals surface area contributed by atoms with E-state index in [-0.39, 0.29) is 48.3 Å². The number of piperazine rings is 1. The van der Waals surface area contributed by atoms with E-state index < -0.39 is 0 Å². The Morgan fingerprint density at radius 2 is 1.71 bits per heavy atom. The highest BCUT2D eigenvalue weighted by Crippen LogP contribution is 2.31. The molecule has 152 valence electrons. The molecule has 2 unspecified atom stereocenters. The van der Waals surface area contributed by atoms with Crippen molar-refractivity contribution in [1.82, 2.24) is 15.1 Å². The summed E-state index contributed by atoms with van der Waals surface area (Å²) in [5, 5.41) is 3.37. The molecule has 2 fully saturated rings. The van der Waals surface area contributed by atoms with E-state index in [4.69, 9.17) is 0 Å². The Bertz CT molecular complexity index is 791. The molecule has 0 spiro atoms. The number of nitrogens with one attached hydrogen (secondary N) is 1. The molecule has 1 aromatic rings. The molecule has 1 N–H and O–H groups in total. The van der Waals surface area contributed by atoms with E-state index in [2.05, 4.69) is 12.2 Å². The van der Waals surface area contributed by atoms with Crippen LogP contribution in [0.4, 0.5) is 0 Å². The van der Waals surface area contributed by atoms with Crippen LogP contribution < -0.4 is 5.32 Å². The van der Waals surface area contributed by atoms with Crippen molar-refractivity contribution in [1.29, 1.82) is 0 Å². The number of halogens is 1. The largest absolute Gasteiger partial charge is 0.333 e. The van der Waals surface area contributed by atoms with E-state index in [0.717, 1.165) is 32.2 Å². The summed E-state index contributed by atoms with van der Waals surface area (Å²) in [6, 6.07) is 5.27. The van der Waals surface area contributed by atoms with Gasteiger partial charge in [-0.1, -0.05) is 19.3 Å². The normalized spacial score (nSPS) is 25.5. The van der Waals surface area contributed by atoms with Gasteiger partial charge in [0.25, 0.3) is 17.7 Å². The topological polar surface area (TPSA) is 69.7 Å². The Morgan fingerprint density at radius 1 is 1.04 bits per heavy atom. The first-order valence-electron chi connectivity index (χ1n) is 10.1. The van der Waals surface area contributed by atoms with Crippen LogP contribution in [0.3, 0.4) is 0 Å². The Balaban J connectivity index is 0.00000225. The molecule has 1 aromatic carbocycles. The molecule has 1 aliphatic carbocycles. The summed E-state index contributed by atoms with van der Waals surface area (Å²) >= 11 is 0. The second-order valence-electron chi connectivity index (χ2n) is 8.01. The molecule has 0 aromatic heterocycles. The van der Waals surface area contributed by atoms with Crippen molar-refractivity contribution in [3.05, 3.63) is 34.9 Å². The van der Waals surface area contributed by atoms with Gasteiger partial charge in [0.15, 0.2) is 0 Å². The summed E-state index contributed by atoms with van der Waals surface area (Å²) in [6.07, 6.45) is 5.04. The zero-order chi connectivity index (χ0) is 19.1. The van der Waals surface area contributed by atoms with Crippen LogP contribution >= 0.6 is 12.4 Å². The van der Waals surface area contributed by atoms with Crippen LogP contribution in [0.15, 0.2) is 18.2 Å². The molecule has 2 atom stereocenters. The molecule has 28 heavy (non-hydrogen) atoms. The Kier molecular flexibility index (Phi) is 6.10. The predicted octanol–water partition coefficient (Wildman–Crippen LogP) is 2.86. The quantitative estimate of drug-likeness (QED) is 0.768. The lowest BCUT2D eigenvalue weighted by atomic mass is 9.94. The average Bonchev–Trinajstić information content (AvgIpc) is 2.94. The van der Waals surface area contributed by atoms with Crippen LogP contribution in [0, 0.1) is 0 Å². The van der Waals surface area contributed by atoms with E-state index in [0.29, 0.717) is 23.2 Å². The highest BCUT2D eigenvalue weighted by molar-refractivity contribution is 6.22. The fourth-order valence-corrected chi connectivity index (χ4v) is 4.57. The van der Waals surface area contributed by atoms with Crippen LogP contribution in [0.25, 0.3) is 0 Å². The lowest BCUT2D eigenvalue weighted by Crippen LogP contribution is -2.57. The van der Waals surface area contributed by atoms with Gasteiger partial charge in [-0.05, 0) is 44.9 Å². The second-order valence-corrected chi connectivity index (χ2v) is 8.01. The van der Waals surface area contributed by atoms with Gasteiger partial charge in [-0.25, -0.2) is 0 Å². The Hall–Kier alpha value is -1.92. The number of hydrogen-bond acceptors (Lipinski definition) is 4. The van der Waals surface area contributed by atoms with E-state index in [1.807, 2.05) is 11.8 Å². The predicted molar refractivity (Wildman–Crippen MR) is 109 cm³/mol. The molecule has 1 saturated heterocycles. The van der Waals surface area contributed by atoms with Crippen LogP contribution in [0.2, 0.25) is 0 Å². The monoisotopic (exact) mass is 405 g/mol. The number of amides is 3. The van der Waals surface area contributed by atoms with Crippen molar-refractivity contribution in [3.63, 3.8) is 0 Å². The maximum absolute atomic E-state index is 13.0. The fraction of sp³-hybridized carbons (Fsp3) is 0.571. The molecule has 0 radical (unpaired) electrons. The standard InChI is InChI=1S/C21H27N3O3.ClH/c1-13-14(2)23(11-10-22-13)19(25)15-8-9-17-18(12-15)21(27)24(20(17)26)16-6-4-3-5-7-16;/h8-9,12-14,16,22H,3-7,10-11H2,1-2H3;1H. The van der Waals surface area contributed by atoms with E-state index in [1.165, 1.54) is 11.3 Å². The van der Waals surface area contributed by atoms with Gasteiger partial charge in [0.2, 0.25) is 0 Å². The van der Waals surface area contributed by atoms with Gasteiger partial charge < -0.3 is 10.2 Å². The molecular weight excluding hydrogens is 378 g/mol. The van der Waals surface area contributed by atoms with Crippen LogP contribution in [0.1, 0.15) is 77.0 Å². The Morgan fingerprint density at radius 3 is 2.43 bits per heavy atom. The first-order chi connectivity index (χ1) is 13.0. The molecule has 1 saturated carbocycles. The van der Waals surface area contributed by atoms with Crippen molar-refractivity contribution in [3.8, 4) is 0 Å². The van der Waals surface area contributed by atoms with Crippen LogP contribution in [-0.4, -0.2) is 58.7 Å². The molecule has 3 amide bonds. The average molecular weight is 406 g/mol. The third-order valence-electron chi connectivity index (χ3n) is 6.40. The fourth-order valence-electron chi connectivity index (χ4n) is 4.57. The summed E-state index contributed by atoms with van der Waals surface area (Å²) in [5.41, 5.74) is 1.30.